The number of rotatable bonds is 6. The maximum absolute atomic E-state index is 11.9. The van der Waals surface area contributed by atoms with Crippen molar-refractivity contribution < 1.29 is 14.3 Å². The fraction of sp³-hybridized carbons (Fsp3) is 0.240. The lowest BCUT2D eigenvalue weighted by atomic mass is 10.1. The zero-order chi connectivity index (χ0) is 22.4. The van der Waals surface area contributed by atoms with Gasteiger partial charge in [0.1, 0.15) is 17.5 Å². The van der Waals surface area contributed by atoms with Crippen molar-refractivity contribution in [1.82, 2.24) is 0 Å². The number of carbonyl (C=O) groups excluding carboxylic acids is 1. The van der Waals surface area contributed by atoms with Crippen LogP contribution in [-0.2, 0) is 4.74 Å². The Morgan fingerprint density at radius 3 is 2.29 bits per heavy atom. The van der Waals surface area contributed by atoms with Gasteiger partial charge in [0.05, 0.1) is 0 Å². The maximum Gasteiger partial charge on any atom is 0.412 e. The minimum atomic E-state index is -0.536. The summed E-state index contributed by atoms with van der Waals surface area (Å²) in [7, 11) is 0. The number of ether oxygens (including phenoxy) is 2. The van der Waals surface area contributed by atoms with E-state index in [-0.39, 0.29) is 6.10 Å². The molecule has 3 aromatic rings. The Morgan fingerprint density at radius 1 is 1.00 bits per heavy atom. The molecule has 3 rings (SSSR count). The fourth-order valence-corrected chi connectivity index (χ4v) is 3.68. The van der Waals surface area contributed by atoms with Crippen LogP contribution < -0.4 is 15.8 Å². The molecular weight excluding hydrogens is 408 g/mol. The van der Waals surface area contributed by atoms with E-state index in [0.29, 0.717) is 11.4 Å². The molecule has 0 saturated heterocycles. The highest BCUT2D eigenvalue weighted by molar-refractivity contribution is 7.99. The van der Waals surface area contributed by atoms with Gasteiger partial charge in [-0.1, -0.05) is 42.1 Å². The van der Waals surface area contributed by atoms with Gasteiger partial charge < -0.3 is 15.2 Å². The summed E-state index contributed by atoms with van der Waals surface area (Å²) in [5.41, 5.74) is 8.16. The van der Waals surface area contributed by atoms with E-state index in [4.69, 9.17) is 15.2 Å². The van der Waals surface area contributed by atoms with Crippen LogP contribution in [0.2, 0.25) is 0 Å². The summed E-state index contributed by atoms with van der Waals surface area (Å²) in [6.45, 7) is 7.50. The van der Waals surface area contributed by atoms with Crippen LogP contribution in [-0.4, -0.2) is 11.7 Å². The van der Waals surface area contributed by atoms with Crippen LogP contribution in [0.25, 0.3) is 0 Å². The second-order valence-corrected chi connectivity index (χ2v) is 9.24. The first-order valence-corrected chi connectivity index (χ1v) is 10.9. The maximum atomic E-state index is 11.9. The Labute approximate surface area is 188 Å². The van der Waals surface area contributed by atoms with Crippen molar-refractivity contribution in [2.45, 2.75) is 49.2 Å². The lowest BCUT2D eigenvalue weighted by Crippen LogP contribution is -2.27. The van der Waals surface area contributed by atoms with Crippen LogP contribution in [0.3, 0.4) is 0 Å². The largest absolute Gasteiger partial charge is 0.486 e. The second kappa shape index (κ2) is 9.79. The fourth-order valence-electron chi connectivity index (χ4n) is 2.84. The first-order valence-electron chi connectivity index (χ1n) is 10.1. The van der Waals surface area contributed by atoms with Gasteiger partial charge >= 0.3 is 6.09 Å². The van der Waals surface area contributed by atoms with Crippen molar-refractivity contribution in [3.63, 3.8) is 0 Å². The molecule has 0 fully saturated rings. The van der Waals surface area contributed by atoms with Crippen molar-refractivity contribution in [1.29, 1.82) is 0 Å². The van der Waals surface area contributed by atoms with Crippen molar-refractivity contribution in [2.24, 2.45) is 0 Å². The molecule has 0 heterocycles. The summed E-state index contributed by atoms with van der Waals surface area (Å²) in [4.78, 5) is 13.8. The Balaban J connectivity index is 1.60. The molecule has 3 aromatic carbocycles. The van der Waals surface area contributed by atoms with Crippen LogP contribution >= 0.6 is 11.8 Å². The standard InChI is InChI=1S/C25H28N2O3S/c1-17(18-8-6-5-7-9-18)29-20-12-15-23(22(26)16-20)31-21-13-10-19(11-14-21)27-24(28)30-25(2,3)4/h5-17H,26H2,1-4H3,(H,27,28). The average Bonchev–Trinajstić information content (AvgIpc) is 2.70. The molecule has 5 nitrogen and oxygen atoms in total. The minimum Gasteiger partial charge on any atom is -0.486 e. The molecule has 162 valence electrons. The van der Waals surface area contributed by atoms with E-state index in [1.54, 1.807) is 11.8 Å². The van der Waals surface area contributed by atoms with Gasteiger partial charge in [-0.25, -0.2) is 4.79 Å². The molecular formula is C25H28N2O3S. The van der Waals surface area contributed by atoms with Crippen molar-refractivity contribution >= 4 is 29.2 Å². The highest BCUT2D eigenvalue weighted by Gasteiger charge is 2.16. The number of carbonyl (C=O) groups is 1. The van der Waals surface area contributed by atoms with Crippen LogP contribution in [0, 0.1) is 0 Å². The smallest absolute Gasteiger partial charge is 0.412 e. The van der Waals surface area contributed by atoms with Crippen molar-refractivity contribution in [3.05, 3.63) is 78.4 Å². The average molecular weight is 437 g/mol. The Morgan fingerprint density at radius 2 is 1.68 bits per heavy atom. The monoisotopic (exact) mass is 436 g/mol. The number of nitrogens with one attached hydrogen (secondary N) is 1. The lowest BCUT2D eigenvalue weighted by molar-refractivity contribution is 0.0636. The van der Waals surface area contributed by atoms with Crippen LogP contribution in [0.4, 0.5) is 16.2 Å². The molecule has 0 aliphatic heterocycles. The number of benzene rings is 3. The predicted octanol–water partition coefficient (Wildman–Crippen LogP) is 6.91. The van der Waals surface area contributed by atoms with Gasteiger partial charge in [-0.15, -0.1) is 0 Å². The van der Waals surface area contributed by atoms with Gasteiger partial charge in [0, 0.05) is 27.2 Å². The number of nitrogens with two attached hydrogens (primary N) is 1. The Bertz CT molecular complexity index is 1020. The third-order valence-corrected chi connectivity index (χ3v) is 5.39. The SMILES string of the molecule is CC(Oc1ccc(Sc2ccc(NC(=O)OC(C)(C)C)cc2)c(N)c1)c1ccccc1. The topological polar surface area (TPSA) is 73.6 Å². The number of hydrogen-bond donors (Lipinski definition) is 2. The normalized spacial score (nSPS) is 12.1. The lowest BCUT2D eigenvalue weighted by Gasteiger charge is -2.19. The van der Waals surface area contributed by atoms with E-state index in [9.17, 15) is 4.79 Å². The first kappa shape index (κ1) is 22.6. The molecule has 0 saturated carbocycles. The second-order valence-electron chi connectivity index (χ2n) is 8.12. The molecule has 1 atom stereocenters. The molecule has 0 aliphatic rings. The minimum absolute atomic E-state index is 0.0656. The van der Waals surface area contributed by atoms with Gasteiger partial charge in [0.15, 0.2) is 0 Å². The molecule has 1 amide bonds. The van der Waals surface area contributed by atoms with E-state index in [0.717, 1.165) is 21.1 Å². The molecule has 0 bridgehead atoms. The zero-order valence-corrected chi connectivity index (χ0v) is 19.0. The molecule has 3 N–H and O–H groups in total. The molecule has 31 heavy (non-hydrogen) atoms. The Hall–Kier alpha value is -3.12. The number of hydrogen-bond acceptors (Lipinski definition) is 5. The molecule has 0 radical (unpaired) electrons. The first-order chi connectivity index (χ1) is 14.7. The quantitative estimate of drug-likeness (QED) is 0.411. The number of amides is 1. The van der Waals surface area contributed by atoms with Gasteiger partial charge in [-0.2, -0.15) is 0 Å². The summed E-state index contributed by atoms with van der Waals surface area (Å²) in [5.74, 6) is 0.732. The van der Waals surface area contributed by atoms with Crippen LogP contribution in [0.1, 0.15) is 39.4 Å². The number of nitrogen functional groups attached to an aromatic ring is 1. The van der Waals surface area contributed by atoms with E-state index in [1.165, 1.54) is 0 Å². The zero-order valence-electron chi connectivity index (χ0n) is 18.2. The molecule has 0 aromatic heterocycles. The summed E-state index contributed by atoms with van der Waals surface area (Å²) >= 11 is 1.55. The highest BCUT2D eigenvalue weighted by Crippen LogP contribution is 2.35. The number of anilines is 2. The van der Waals surface area contributed by atoms with Gasteiger partial charge in [-0.05, 0) is 69.7 Å². The van der Waals surface area contributed by atoms with Crippen LogP contribution in [0.15, 0.2) is 82.6 Å². The molecule has 1 unspecified atom stereocenters. The van der Waals surface area contributed by atoms with Gasteiger partial charge in [-0.3, -0.25) is 5.32 Å². The van der Waals surface area contributed by atoms with E-state index in [2.05, 4.69) is 5.32 Å². The predicted molar refractivity (Wildman–Crippen MR) is 127 cm³/mol. The van der Waals surface area contributed by atoms with Crippen LogP contribution in [0.5, 0.6) is 5.75 Å². The summed E-state index contributed by atoms with van der Waals surface area (Å²) in [6.07, 6.45) is -0.540. The summed E-state index contributed by atoms with van der Waals surface area (Å²) in [6, 6.07) is 23.3. The third-order valence-electron chi connectivity index (χ3n) is 4.29. The van der Waals surface area contributed by atoms with Crippen molar-refractivity contribution in [3.8, 4) is 5.75 Å². The molecule has 0 spiro atoms. The third kappa shape index (κ3) is 6.96. The molecule has 6 heteroatoms. The summed E-state index contributed by atoms with van der Waals surface area (Å²) in [5, 5.41) is 2.73. The van der Waals surface area contributed by atoms with E-state index >= 15 is 0 Å². The van der Waals surface area contributed by atoms with Gasteiger partial charge in [0.2, 0.25) is 0 Å². The molecule has 0 aliphatic carbocycles. The summed E-state index contributed by atoms with van der Waals surface area (Å²) < 4.78 is 11.3. The van der Waals surface area contributed by atoms with E-state index < -0.39 is 11.7 Å². The van der Waals surface area contributed by atoms with Gasteiger partial charge in [0.25, 0.3) is 0 Å². The van der Waals surface area contributed by atoms with Crippen molar-refractivity contribution in [2.75, 3.05) is 11.1 Å². The highest BCUT2D eigenvalue weighted by atomic mass is 32.2. The Kier molecular flexibility index (Phi) is 7.13. The van der Waals surface area contributed by atoms with E-state index in [1.807, 2.05) is 100 Å².